The second kappa shape index (κ2) is 7.07. The van der Waals surface area contributed by atoms with Gasteiger partial charge in [0.05, 0.1) is 17.7 Å². The van der Waals surface area contributed by atoms with Gasteiger partial charge in [-0.15, -0.1) is 0 Å². The van der Waals surface area contributed by atoms with Crippen molar-refractivity contribution in [3.8, 4) is 11.5 Å². The van der Waals surface area contributed by atoms with Crippen LogP contribution in [0, 0.1) is 6.92 Å². The molecule has 0 radical (unpaired) electrons. The third-order valence-electron chi connectivity index (χ3n) is 4.51. The summed E-state index contributed by atoms with van der Waals surface area (Å²) in [5, 5.41) is 0. The first-order valence-corrected chi connectivity index (χ1v) is 8.68. The first-order chi connectivity index (χ1) is 13.1. The molecule has 0 aliphatic carbocycles. The molecule has 0 fully saturated rings. The number of rotatable bonds is 4. The van der Waals surface area contributed by atoms with E-state index < -0.39 is 5.92 Å². The van der Waals surface area contributed by atoms with Crippen molar-refractivity contribution >= 4 is 5.97 Å². The fourth-order valence-electron chi connectivity index (χ4n) is 3.32. The zero-order valence-electron chi connectivity index (χ0n) is 14.8. The molecule has 1 aromatic carbocycles. The fourth-order valence-corrected chi connectivity index (χ4v) is 3.32. The van der Waals surface area contributed by atoms with Crippen LogP contribution in [0.15, 0.2) is 59.5 Å². The van der Waals surface area contributed by atoms with Crippen molar-refractivity contribution in [2.24, 2.45) is 0 Å². The van der Waals surface area contributed by atoms with Gasteiger partial charge in [0.25, 0.3) is 5.56 Å². The molecule has 1 aliphatic heterocycles. The predicted octanol–water partition coefficient (Wildman–Crippen LogP) is 3.10. The van der Waals surface area contributed by atoms with Crippen LogP contribution in [0.2, 0.25) is 0 Å². The molecule has 1 N–H and O–H groups in total. The Morgan fingerprint density at radius 1 is 1.19 bits per heavy atom. The molecule has 0 amide bonds. The molecular weight excluding hydrogens is 344 g/mol. The highest BCUT2D eigenvalue weighted by Gasteiger charge is 2.33. The first kappa shape index (κ1) is 17.0. The molecule has 1 aliphatic rings. The number of carbonyl (C=O) groups is 1. The van der Waals surface area contributed by atoms with Gasteiger partial charge in [-0.1, -0.05) is 24.3 Å². The van der Waals surface area contributed by atoms with Crippen LogP contribution >= 0.6 is 0 Å². The smallest absolute Gasteiger partial charge is 0.312 e. The Morgan fingerprint density at radius 2 is 2.00 bits per heavy atom. The molecule has 3 heterocycles. The number of nitrogens with one attached hydrogen (secondary N) is 1. The highest BCUT2D eigenvalue weighted by Crippen LogP contribution is 2.40. The maximum atomic E-state index is 12.6. The Morgan fingerprint density at radius 3 is 2.81 bits per heavy atom. The first-order valence-electron chi connectivity index (χ1n) is 8.68. The molecule has 6 nitrogen and oxygen atoms in total. The van der Waals surface area contributed by atoms with Gasteiger partial charge in [-0.2, -0.15) is 0 Å². The maximum absolute atomic E-state index is 12.6. The van der Waals surface area contributed by atoms with E-state index in [1.54, 1.807) is 19.2 Å². The van der Waals surface area contributed by atoms with E-state index in [0.717, 1.165) is 11.3 Å². The van der Waals surface area contributed by atoms with Crippen LogP contribution in [-0.4, -0.2) is 15.9 Å². The second-order valence-electron chi connectivity index (χ2n) is 6.44. The third-order valence-corrected chi connectivity index (χ3v) is 4.51. The number of carbonyl (C=O) groups excluding carboxylic acids is 1. The number of esters is 1. The molecule has 136 valence electrons. The summed E-state index contributed by atoms with van der Waals surface area (Å²) < 4.78 is 11.3. The quantitative estimate of drug-likeness (QED) is 0.721. The summed E-state index contributed by atoms with van der Waals surface area (Å²) in [6, 6.07) is 14.7. The second-order valence-corrected chi connectivity index (χ2v) is 6.44. The molecule has 2 aromatic heterocycles. The Bertz CT molecular complexity index is 1040. The van der Waals surface area contributed by atoms with E-state index in [1.807, 2.05) is 42.5 Å². The Kier molecular flexibility index (Phi) is 4.46. The highest BCUT2D eigenvalue weighted by atomic mass is 16.5. The van der Waals surface area contributed by atoms with Gasteiger partial charge in [-0.05, 0) is 25.1 Å². The average molecular weight is 362 g/mol. The molecule has 0 saturated carbocycles. The van der Waals surface area contributed by atoms with Gasteiger partial charge in [-0.25, -0.2) is 0 Å². The van der Waals surface area contributed by atoms with Crippen molar-refractivity contribution in [2.45, 2.75) is 25.9 Å². The van der Waals surface area contributed by atoms with Gasteiger partial charge < -0.3 is 14.5 Å². The molecule has 0 unspecified atom stereocenters. The highest BCUT2D eigenvalue weighted by molar-refractivity contribution is 5.77. The molecule has 0 spiro atoms. The molecule has 0 saturated heterocycles. The topological polar surface area (TPSA) is 81.3 Å². The lowest BCUT2D eigenvalue weighted by molar-refractivity contribution is -0.135. The molecule has 0 bridgehead atoms. The SMILES string of the molecule is Cc1cc2c(c(=O)[nH]1)[C@@H](c1ccccc1OCc1ccccn1)CC(=O)O2. The Labute approximate surface area is 155 Å². The zero-order chi connectivity index (χ0) is 18.8. The number of aryl methyl sites for hydroxylation is 1. The van der Waals surface area contributed by atoms with E-state index in [-0.39, 0.29) is 17.9 Å². The summed E-state index contributed by atoms with van der Waals surface area (Å²) in [5.74, 6) is 0.147. The van der Waals surface area contributed by atoms with Crippen molar-refractivity contribution in [3.63, 3.8) is 0 Å². The lowest BCUT2D eigenvalue weighted by Gasteiger charge is -2.25. The number of para-hydroxylation sites is 1. The van der Waals surface area contributed by atoms with E-state index >= 15 is 0 Å². The zero-order valence-corrected chi connectivity index (χ0v) is 14.8. The lowest BCUT2D eigenvalue weighted by atomic mass is 9.86. The van der Waals surface area contributed by atoms with Crippen molar-refractivity contribution in [2.75, 3.05) is 0 Å². The summed E-state index contributed by atoms with van der Waals surface area (Å²) in [5.41, 5.74) is 2.42. The van der Waals surface area contributed by atoms with Crippen LogP contribution in [0.4, 0.5) is 0 Å². The van der Waals surface area contributed by atoms with Gasteiger partial charge in [-0.3, -0.25) is 14.6 Å². The van der Waals surface area contributed by atoms with Gasteiger partial charge >= 0.3 is 5.97 Å². The van der Waals surface area contributed by atoms with Crippen molar-refractivity contribution in [1.82, 2.24) is 9.97 Å². The van der Waals surface area contributed by atoms with Crippen LogP contribution in [0.25, 0.3) is 0 Å². The minimum absolute atomic E-state index is 0.0864. The molecule has 1 atom stereocenters. The molecule has 4 rings (SSSR count). The van der Waals surface area contributed by atoms with Crippen LogP contribution in [-0.2, 0) is 11.4 Å². The number of H-pyrrole nitrogens is 1. The van der Waals surface area contributed by atoms with Crippen molar-refractivity contribution < 1.29 is 14.3 Å². The lowest BCUT2D eigenvalue weighted by Crippen LogP contribution is -2.28. The van der Waals surface area contributed by atoms with E-state index in [2.05, 4.69) is 9.97 Å². The van der Waals surface area contributed by atoms with E-state index in [1.165, 1.54) is 0 Å². The van der Waals surface area contributed by atoms with Crippen molar-refractivity contribution in [3.05, 3.63) is 87.6 Å². The summed E-state index contributed by atoms with van der Waals surface area (Å²) in [4.78, 5) is 31.8. The molecular formula is C21H18N2O4. The van der Waals surface area contributed by atoms with Gasteiger partial charge in [0.1, 0.15) is 18.1 Å². The standard InChI is InChI=1S/C21H18N2O4/c1-13-10-18-20(21(25)23-13)16(11-19(24)27-18)15-7-2-3-8-17(15)26-12-14-6-4-5-9-22-14/h2-10,16H,11-12H2,1H3,(H,23,25)/t16-/m1/s1. The minimum atomic E-state index is -0.425. The normalized spacial score (nSPS) is 15.7. The number of aromatic amines is 1. The van der Waals surface area contributed by atoms with Gasteiger partial charge in [0, 0.05) is 29.4 Å². The van der Waals surface area contributed by atoms with Crippen LogP contribution < -0.4 is 15.0 Å². The summed E-state index contributed by atoms with van der Waals surface area (Å²) in [6.45, 7) is 2.05. The maximum Gasteiger partial charge on any atom is 0.312 e. The van der Waals surface area contributed by atoms with Crippen molar-refractivity contribution in [1.29, 1.82) is 0 Å². The molecule has 3 aromatic rings. The largest absolute Gasteiger partial charge is 0.487 e. The molecule has 6 heteroatoms. The van der Waals surface area contributed by atoms with Crippen LogP contribution in [0.3, 0.4) is 0 Å². The van der Waals surface area contributed by atoms with Gasteiger partial charge in [0.15, 0.2) is 0 Å². The number of fused-ring (bicyclic) bond motifs is 1. The number of ether oxygens (including phenoxy) is 2. The molecule has 27 heavy (non-hydrogen) atoms. The van der Waals surface area contributed by atoms with E-state index in [9.17, 15) is 9.59 Å². The third kappa shape index (κ3) is 3.46. The number of pyridine rings is 2. The fraction of sp³-hybridized carbons (Fsp3) is 0.190. The number of benzene rings is 1. The minimum Gasteiger partial charge on any atom is -0.487 e. The van der Waals surface area contributed by atoms with Crippen LogP contribution in [0.1, 0.15) is 34.9 Å². The number of hydrogen-bond donors (Lipinski definition) is 1. The number of aromatic nitrogens is 2. The van der Waals surface area contributed by atoms with E-state index in [4.69, 9.17) is 9.47 Å². The Balaban J connectivity index is 1.72. The van der Waals surface area contributed by atoms with E-state index in [0.29, 0.717) is 29.4 Å². The Hall–Kier alpha value is -3.41. The number of nitrogens with zero attached hydrogens (tertiary/aromatic N) is 1. The summed E-state index contributed by atoms with van der Waals surface area (Å²) >= 11 is 0. The number of hydrogen-bond acceptors (Lipinski definition) is 5. The average Bonchev–Trinajstić information content (AvgIpc) is 2.66. The predicted molar refractivity (Wildman–Crippen MR) is 98.9 cm³/mol. The summed E-state index contributed by atoms with van der Waals surface area (Å²) in [6.07, 6.45) is 1.79. The summed E-state index contributed by atoms with van der Waals surface area (Å²) in [7, 11) is 0. The van der Waals surface area contributed by atoms with Crippen LogP contribution in [0.5, 0.6) is 11.5 Å². The van der Waals surface area contributed by atoms with Gasteiger partial charge in [0.2, 0.25) is 0 Å². The monoisotopic (exact) mass is 362 g/mol.